The Balaban J connectivity index is 2.25. The van der Waals surface area contributed by atoms with Gasteiger partial charge in [0.15, 0.2) is 6.29 Å². The molecule has 1 fully saturated rings. The van der Waals surface area contributed by atoms with Crippen molar-refractivity contribution in [3.8, 4) is 0 Å². The van der Waals surface area contributed by atoms with Crippen LogP contribution in [-0.4, -0.2) is 13.2 Å². The van der Waals surface area contributed by atoms with Gasteiger partial charge in [-0.2, -0.15) is 0 Å². The van der Waals surface area contributed by atoms with Crippen molar-refractivity contribution in [2.45, 2.75) is 12.8 Å². The van der Waals surface area contributed by atoms with E-state index in [0.29, 0.717) is 18.8 Å². The van der Waals surface area contributed by atoms with Gasteiger partial charge in [0, 0.05) is 17.7 Å². The molecule has 2 rings (SSSR count). The minimum atomic E-state index is -0.360. The van der Waals surface area contributed by atoms with Gasteiger partial charge in [-0.15, -0.1) is 0 Å². The molecule has 1 aliphatic rings. The molecule has 0 bridgehead atoms. The molecule has 1 saturated heterocycles. The van der Waals surface area contributed by atoms with Crippen LogP contribution >= 0.6 is 0 Å². The van der Waals surface area contributed by atoms with Crippen molar-refractivity contribution in [2.75, 3.05) is 13.2 Å². The maximum Gasteiger partial charge on any atom is 0.184 e. The molecule has 0 radical (unpaired) electrons. The molecule has 0 unspecified atom stereocenters. The topological polar surface area (TPSA) is 44.5 Å². The zero-order valence-corrected chi connectivity index (χ0v) is 7.70. The Morgan fingerprint density at radius 3 is 2.71 bits per heavy atom. The third-order valence-electron chi connectivity index (χ3n) is 2.18. The van der Waals surface area contributed by atoms with Crippen molar-refractivity contribution in [1.29, 1.82) is 0 Å². The van der Waals surface area contributed by atoms with Crippen LogP contribution in [0.4, 0.5) is 4.39 Å². The van der Waals surface area contributed by atoms with Gasteiger partial charge in [-0.25, -0.2) is 4.39 Å². The standard InChI is InChI=1S/C10H12FNO2/c11-9-2-1-7(5-8(9)6-12)10-13-3-4-14-10/h1-2,5,10H,3-4,6,12H2. The van der Waals surface area contributed by atoms with Crippen LogP contribution in [0.1, 0.15) is 17.4 Å². The summed E-state index contributed by atoms with van der Waals surface area (Å²) in [5.74, 6) is -0.283. The molecule has 3 nitrogen and oxygen atoms in total. The number of ether oxygens (including phenoxy) is 2. The molecule has 1 aliphatic heterocycles. The van der Waals surface area contributed by atoms with Gasteiger partial charge in [-0.1, -0.05) is 6.07 Å². The number of halogens is 1. The van der Waals surface area contributed by atoms with Crippen LogP contribution in [0.2, 0.25) is 0 Å². The minimum Gasteiger partial charge on any atom is -0.346 e. The van der Waals surface area contributed by atoms with E-state index < -0.39 is 0 Å². The Hall–Kier alpha value is -0.970. The molecule has 4 heteroatoms. The quantitative estimate of drug-likeness (QED) is 0.777. The van der Waals surface area contributed by atoms with E-state index in [9.17, 15) is 4.39 Å². The van der Waals surface area contributed by atoms with E-state index in [0.717, 1.165) is 5.56 Å². The number of rotatable bonds is 2. The summed E-state index contributed by atoms with van der Waals surface area (Å²) in [5.41, 5.74) is 6.71. The monoisotopic (exact) mass is 197 g/mol. The highest BCUT2D eigenvalue weighted by atomic mass is 19.1. The number of benzene rings is 1. The predicted molar refractivity (Wildman–Crippen MR) is 48.9 cm³/mol. The number of nitrogens with two attached hydrogens (primary N) is 1. The molecule has 76 valence electrons. The predicted octanol–water partition coefficient (Wildman–Crippen LogP) is 1.33. The van der Waals surface area contributed by atoms with Crippen LogP contribution in [-0.2, 0) is 16.0 Å². The summed E-state index contributed by atoms with van der Waals surface area (Å²) in [5, 5.41) is 0. The van der Waals surface area contributed by atoms with Gasteiger partial charge >= 0.3 is 0 Å². The maximum absolute atomic E-state index is 13.1. The largest absolute Gasteiger partial charge is 0.346 e. The smallest absolute Gasteiger partial charge is 0.184 e. The highest BCUT2D eigenvalue weighted by Gasteiger charge is 2.18. The summed E-state index contributed by atoms with van der Waals surface area (Å²) in [7, 11) is 0. The van der Waals surface area contributed by atoms with E-state index in [4.69, 9.17) is 15.2 Å². The van der Waals surface area contributed by atoms with Crippen LogP contribution in [0.5, 0.6) is 0 Å². The van der Waals surface area contributed by atoms with Gasteiger partial charge in [0.1, 0.15) is 5.82 Å². The van der Waals surface area contributed by atoms with Crippen LogP contribution < -0.4 is 5.73 Å². The highest BCUT2D eigenvalue weighted by Crippen LogP contribution is 2.24. The van der Waals surface area contributed by atoms with E-state index in [1.165, 1.54) is 6.07 Å². The zero-order valence-electron chi connectivity index (χ0n) is 7.70. The fourth-order valence-corrected chi connectivity index (χ4v) is 1.45. The SMILES string of the molecule is NCc1cc(C2OCCO2)ccc1F. The van der Waals surface area contributed by atoms with Gasteiger partial charge < -0.3 is 15.2 Å². The molecule has 1 aromatic carbocycles. The fourth-order valence-electron chi connectivity index (χ4n) is 1.45. The summed E-state index contributed by atoms with van der Waals surface area (Å²) in [6.07, 6.45) is -0.360. The lowest BCUT2D eigenvalue weighted by molar-refractivity contribution is -0.0442. The Morgan fingerprint density at radius 1 is 1.36 bits per heavy atom. The average molecular weight is 197 g/mol. The van der Waals surface area contributed by atoms with Gasteiger partial charge in [-0.3, -0.25) is 0 Å². The van der Waals surface area contributed by atoms with Gasteiger partial charge in [0.05, 0.1) is 13.2 Å². The van der Waals surface area contributed by atoms with Crippen molar-refractivity contribution in [3.05, 3.63) is 35.1 Å². The van der Waals surface area contributed by atoms with Crippen LogP contribution in [0, 0.1) is 5.82 Å². The summed E-state index contributed by atoms with van der Waals surface area (Å²) < 4.78 is 23.7. The maximum atomic E-state index is 13.1. The van der Waals surface area contributed by atoms with Crippen LogP contribution in [0.15, 0.2) is 18.2 Å². The molecule has 0 saturated carbocycles. The first kappa shape index (κ1) is 9.58. The van der Waals surface area contributed by atoms with Crippen molar-refractivity contribution < 1.29 is 13.9 Å². The second-order valence-corrected chi connectivity index (χ2v) is 3.13. The lowest BCUT2D eigenvalue weighted by Crippen LogP contribution is -2.04. The van der Waals surface area contributed by atoms with Crippen molar-refractivity contribution in [1.82, 2.24) is 0 Å². The number of hydrogen-bond acceptors (Lipinski definition) is 3. The molecular weight excluding hydrogens is 185 g/mol. The third kappa shape index (κ3) is 1.77. The van der Waals surface area contributed by atoms with Crippen molar-refractivity contribution in [3.63, 3.8) is 0 Å². The molecule has 0 atom stereocenters. The molecule has 1 heterocycles. The first-order valence-corrected chi connectivity index (χ1v) is 4.53. The molecule has 0 aromatic heterocycles. The first-order valence-electron chi connectivity index (χ1n) is 4.53. The summed E-state index contributed by atoms with van der Waals surface area (Å²) in [6.45, 7) is 1.35. The normalized spacial score (nSPS) is 17.6. The lowest BCUT2D eigenvalue weighted by Gasteiger charge is -2.10. The van der Waals surface area contributed by atoms with Crippen LogP contribution in [0.25, 0.3) is 0 Å². The molecule has 0 amide bonds. The Labute approximate surface area is 81.6 Å². The van der Waals surface area contributed by atoms with E-state index in [1.54, 1.807) is 12.1 Å². The van der Waals surface area contributed by atoms with Crippen molar-refractivity contribution in [2.24, 2.45) is 5.73 Å². The van der Waals surface area contributed by atoms with E-state index in [-0.39, 0.29) is 18.7 Å². The fraction of sp³-hybridized carbons (Fsp3) is 0.400. The lowest BCUT2D eigenvalue weighted by atomic mass is 10.1. The highest BCUT2D eigenvalue weighted by molar-refractivity contribution is 5.26. The van der Waals surface area contributed by atoms with E-state index in [2.05, 4.69) is 0 Å². The van der Waals surface area contributed by atoms with Gasteiger partial charge in [0.2, 0.25) is 0 Å². The first-order chi connectivity index (χ1) is 6.81. The second kappa shape index (κ2) is 4.04. The van der Waals surface area contributed by atoms with Gasteiger partial charge in [0.25, 0.3) is 0 Å². The molecule has 1 aromatic rings. The molecule has 0 spiro atoms. The Morgan fingerprint density at radius 2 is 2.07 bits per heavy atom. The number of hydrogen-bond donors (Lipinski definition) is 1. The molecule has 14 heavy (non-hydrogen) atoms. The minimum absolute atomic E-state index is 0.187. The summed E-state index contributed by atoms with van der Waals surface area (Å²) >= 11 is 0. The molecular formula is C10H12FNO2. The van der Waals surface area contributed by atoms with E-state index in [1.807, 2.05) is 0 Å². The average Bonchev–Trinajstić information content (AvgIpc) is 2.71. The zero-order chi connectivity index (χ0) is 9.97. The summed E-state index contributed by atoms with van der Waals surface area (Å²) in [4.78, 5) is 0. The Kier molecular flexibility index (Phi) is 2.77. The third-order valence-corrected chi connectivity index (χ3v) is 2.18. The van der Waals surface area contributed by atoms with Gasteiger partial charge in [-0.05, 0) is 12.1 Å². The van der Waals surface area contributed by atoms with E-state index >= 15 is 0 Å². The Bertz CT molecular complexity index is 324. The van der Waals surface area contributed by atoms with Crippen molar-refractivity contribution >= 4 is 0 Å². The van der Waals surface area contributed by atoms with Crippen LogP contribution in [0.3, 0.4) is 0 Å². The molecule has 2 N–H and O–H groups in total. The molecule has 0 aliphatic carbocycles. The summed E-state index contributed by atoms with van der Waals surface area (Å²) in [6, 6.07) is 4.73. The second-order valence-electron chi connectivity index (χ2n) is 3.13.